The molecule has 0 unspecified atom stereocenters. The molecular formula is C16H19NO2. The van der Waals surface area contributed by atoms with Crippen molar-refractivity contribution in [2.45, 2.75) is 0 Å². The SMILES string of the molecule is OCCOCCN(c1ccccc1)c1ccccc1. The van der Waals surface area contributed by atoms with Gasteiger partial charge in [0.2, 0.25) is 0 Å². The summed E-state index contributed by atoms with van der Waals surface area (Å²) in [5.41, 5.74) is 2.28. The Bertz CT molecular complexity index is 419. The fraction of sp³-hybridized carbons (Fsp3) is 0.250. The number of aliphatic hydroxyl groups is 1. The van der Waals surface area contributed by atoms with Crippen molar-refractivity contribution in [3.63, 3.8) is 0 Å². The van der Waals surface area contributed by atoms with E-state index in [1.54, 1.807) is 0 Å². The third-order valence-corrected chi connectivity index (χ3v) is 2.83. The fourth-order valence-corrected chi connectivity index (χ4v) is 1.95. The van der Waals surface area contributed by atoms with Crippen LogP contribution in [0.15, 0.2) is 60.7 Å². The van der Waals surface area contributed by atoms with Gasteiger partial charge < -0.3 is 14.7 Å². The number of hydrogen-bond acceptors (Lipinski definition) is 3. The van der Waals surface area contributed by atoms with Crippen LogP contribution in [0.4, 0.5) is 11.4 Å². The number of aliphatic hydroxyl groups excluding tert-OH is 1. The molecule has 0 aliphatic rings. The van der Waals surface area contributed by atoms with Gasteiger partial charge in [0.25, 0.3) is 0 Å². The van der Waals surface area contributed by atoms with E-state index in [4.69, 9.17) is 9.84 Å². The first-order valence-electron chi connectivity index (χ1n) is 6.48. The van der Waals surface area contributed by atoms with E-state index >= 15 is 0 Å². The monoisotopic (exact) mass is 257 g/mol. The lowest BCUT2D eigenvalue weighted by molar-refractivity contribution is 0.0975. The molecule has 2 aromatic carbocycles. The van der Waals surface area contributed by atoms with Crippen LogP contribution in [0.3, 0.4) is 0 Å². The summed E-state index contributed by atoms with van der Waals surface area (Å²) in [7, 11) is 0. The number of ether oxygens (including phenoxy) is 1. The van der Waals surface area contributed by atoms with Gasteiger partial charge in [-0.3, -0.25) is 0 Å². The average Bonchev–Trinajstić information content (AvgIpc) is 2.49. The van der Waals surface area contributed by atoms with Crippen LogP contribution >= 0.6 is 0 Å². The molecule has 0 aliphatic carbocycles. The summed E-state index contributed by atoms with van der Waals surface area (Å²) < 4.78 is 5.36. The Labute approximate surface area is 114 Å². The normalized spacial score (nSPS) is 10.4. The summed E-state index contributed by atoms with van der Waals surface area (Å²) in [6.45, 7) is 1.80. The maximum absolute atomic E-state index is 8.73. The quantitative estimate of drug-likeness (QED) is 0.774. The molecule has 1 N–H and O–H groups in total. The van der Waals surface area contributed by atoms with Crippen LogP contribution in [-0.4, -0.2) is 31.5 Å². The average molecular weight is 257 g/mol. The van der Waals surface area contributed by atoms with Crippen molar-refractivity contribution < 1.29 is 9.84 Å². The van der Waals surface area contributed by atoms with Gasteiger partial charge in [0.15, 0.2) is 0 Å². The summed E-state index contributed by atoms with van der Waals surface area (Å²) in [6, 6.07) is 20.5. The first kappa shape index (κ1) is 13.6. The molecular weight excluding hydrogens is 238 g/mol. The van der Waals surface area contributed by atoms with Crippen LogP contribution in [0.5, 0.6) is 0 Å². The zero-order valence-electron chi connectivity index (χ0n) is 10.9. The molecule has 0 bridgehead atoms. The molecule has 0 aromatic heterocycles. The van der Waals surface area contributed by atoms with Crippen molar-refractivity contribution >= 4 is 11.4 Å². The molecule has 100 valence electrons. The first-order chi connectivity index (χ1) is 9.42. The van der Waals surface area contributed by atoms with Gasteiger partial charge in [0, 0.05) is 17.9 Å². The van der Waals surface area contributed by atoms with E-state index in [2.05, 4.69) is 29.2 Å². The highest BCUT2D eigenvalue weighted by atomic mass is 16.5. The molecule has 0 spiro atoms. The van der Waals surface area contributed by atoms with E-state index in [1.165, 1.54) is 0 Å². The van der Waals surface area contributed by atoms with E-state index in [1.807, 2.05) is 36.4 Å². The molecule has 2 aromatic rings. The lowest BCUT2D eigenvalue weighted by atomic mass is 10.2. The van der Waals surface area contributed by atoms with Gasteiger partial charge >= 0.3 is 0 Å². The minimum Gasteiger partial charge on any atom is -0.394 e. The van der Waals surface area contributed by atoms with Crippen molar-refractivity contribution in [1.82, 2.24) is 0 Å². The number of anilines is 2. The van der Waals surface area contributed by atoms with Gasteiger partial charge in [-0.1, -0.05) is 36.4 Å². The summed E-state index contributed by atoms with van der Waals surface area (Å²) in [5.74, 6) is 0. The van der Waals surface area contributed by atoms with Crippen LogP contribution in [0.25, 0.3) is 0 Å². The molecule has 0 radical (unpaired) electrons. The predicted molar refractivity (Wildman–Crippen MR) is 77.8 cm³/mol. The van der Waals surface area contributed by atoms with Gasteiger partial charge in [-0.2, -0.15) is 0 Å². The van der Waals surface area contributed by atoms with E-state index in [0.29, 0.717) is 13.2 Å². The molecule has 0 atom stereocenters. The van der Waals surface area contributed by atoms with Crippen LogP contribution in [0.1, 0.15) is 0 Å². The summed E-state index contributed by atoms with van der Waals surface area (Å²) >= 11 is 0. The molecule has 0 aliphatic heterocycles. The zero-order chi connectivity index (χ0) is 13.3. The number of nitrogens with zero attached hydrogens (tertiary/aromatic N) is 1. The third-order valence-electron chi connectivity index (χ3n) is 2.83. The maximum Gasteiger partial charge on any atom is 0.0698 e. The predicted octanol–water partition coefficient (Wildman–Crippen LogP) is 2.83. The molecule has 0 fully saturated rings. The summed E-state index contributed by atoms with van der Waals surface area (Å²) in [6.07, 6.45) is 0. The molecule has 0 heterocycles. The minimum absolute atomic E-state index is 0.0661. The van der Waals surface area contributed by atoms with Gasteiger partial charge in [-0.05, 0) is 24.3 Å². The zero-order valence-corrected chi connectivity index (χ0v) is 10.9. The standard InChI is InChI=1S/C16H19NO2/c18-12-14-19-13-11-17(15-7-3-1-4-8-15)16-9-5-2-6-10-16/h1-10,18H,11-14H2. The maximum atomic E-state index is 8.73. The van der Waals surface area contributed by atoms with Crippen molar-refractivity contribution in [3.05, 3.63) is 60.7 Å². The van der Waals surface area contributed by atoms with Gasteiger partial charge in [-0.25, -0.2) is 0 Å². The fourth-order valence-electron chi connectivity index (χ4n) is 1.95. The second kappa shape index (κ2) is 7.56. The lowest BCUT2D eigenvalue weighted by Crippen LogP contribution is -2.22. The minimum atomic E-state index is 0.0661. The topological polar surface area (TPSA) is 32.7 Å². The largest absolute Gasteiger partial charge is 0.394 e. The lowest BCUT2D eigenvalue weighted by Gasteiger charge is -2.24. The number of hydrogen-bond donors (Lipinski definition) is 1. The van der Waals surface area contributed by atoms with E-state index in [-0.39, 0.29) is 6.61 Å². The van der Waals surface area contributed by atoms with Crippen molar-refractivity contribution in [2.75, 3.05) is 31.3 Å². The molecule has 2 rings (SSSR count). The Balaban J connectivity index is 2.10. The molecule has 19 heavy (non-hydrogen) atoms. The summed E-state index contributed by atoms with van der Waals surface area (Å²) in [4.78, 5) is 2.21. The van der Waals surface area contributed by atoms with E-state index < -0.39 is 0 Å². The highest BCUT2D eigenvalue weighted by Crippen LogP contribution is 2.24. The Hall–Kier alpha value is -1.84. The smallest absolute Gasteiger partial charge is 0.0698 e. The highest BCUT2D eigenvalue weighted by molar-refractivity contribution is 5.62. The second-order valence-electron chi connectivity index (χ2n) is 4.16. The van der Waals surface area contributed by atoms with Crippen molar-refractivity contribution in [1.29, 1.82) is 0 Å². The van der Waals surface area contributed by atoms with E-state index in [9.17, 15) is 0 Å². The Morgan fingerprint density at radius 2 is 1.32 bits per heavy atom. The molecule has 0 amide bonds. The first-order valence-corrected chi connectivity index (χ1v) is 6.48. The van der Waals surface area contributed by atoms with Gasteiger partial charge in [0.1, 0.15) is 0 Å². The Morgan fingerprint density at radius 1 is 0.789 bits per heavy atom. The number of para-hydroxylation sites is 2. The molecule has 0 saturated carbocycles. The highest BCUT2D eigenvalue weighted by Gasteiger charge is 2.07. The van der Waals surface area contributed by atoms with Gasteiger partial charge in [-0.15, -0.1) is 0 Å². The Kier molecular flexibility index (Phi) is 5.41. The number of rotatable bonds is 7. The summed E-state index contributed by atoms with van der Waals surface area (Å²) in [5, 5.41) is 8.73. The van der Waals surface area contributed by atoms with Crippen LogP contribution in [-0.2, 0) is 4.74 Å². The number of benzene rings is 2. The van der Waals surface area contributed by atoms with Crippen LogP contribution < -0.4 is 4.90 Å². The van der Waals surface area contributed by atoms with Crippen LogP contribution in [0, 0.1) is 0 Å². The molecule has 3 heteroatoms. The molecule has 3 nitrogen and oxygen atoms in total. The van der Waals surface area contributed by atoms with Crippen molar-refractivity contribution in [3.8, 4) is 0 Å². The Morgan fingerprint density at radius 3 is 1.79 bits per heavy atom. The molecule has 0 saturated heterocycles. The second-order valence-corrected chi connectivity index (χ2v) is 4.16. The van der Waals surface area contributed by atoms with Gasteiger partial charge in [0.05, 0.1) is 19.8 Å². The van der Waals surface area contributed by atoms with Crippen molar-refractivity contribution in [2.24, 2.45) is 0 Å². The van der Waals surface area contributed by atoms with E-state index in [0.717, 1.165) is 17.9 Å². The third kappa shape index (κ3) is 4.09. The van der Waals surface area contributed by atoms with Crippen LogP contribution in [0.2, 0.25) is 0 Å².